The third-order valence-corrected chi connectivity index (χ3v) is 5.40. The third-order valence-electron chi connectivity index (χ3n) is 5.40. The zero-order chi connectivity index (χ0) is 24.3. The minimum atomic E-state index is -1.21. The zero-order valence-electron chi connectivity index (χ0n) is 18.9. The SMILES string of the molecule is CCC(C)C(N)C(=O)NC(C)C(=O)NC(CCC(N)=O)C(=O)NC(C(=O)O)C(C)CC. The molecule has 0 radical (unpaired) electrons. The first-order valence-corrected chi connectivity index (χ1v) is 10.5. The summed E-state index contributed by atoms with van der Waals surface area (Å²) >= 11 is 0. The molecular formula is C20H37N5O6. The topological polar surface area (TPSA) is 194 Å². The van der Waals surface area contributed by atoms with Gasteiger partial charge >= 0.3 is 5.97 Å². The maximum absolute atomic E-state index is 12.7. The fourth-order valence-corrected chi connectivity index (χ4v) is 2.68. The number of hydrogen-bond donors (Lipinski definition) is 6. The van der Waals surface area contributed by atoms with Crippen molar-refractivity contribution in [3.05, 3.63) is 0 Å². The number of rotatable bonds is 14. The van der Waals surface area contributed by atoms with Gasteiger partial charge in [-0.2, -0.15) is 0 Å². The average Bonchev–Trinajstić information content (AvgIpc) is 2.71. The number of carboxylic acid groups (broad SMARTS) is 1. The highest BCUT2D eigenvalue weighted by molar-refractivity contribution is 5.94. The van der Waals surface area contributed by atoms with Crippen LogP contribution in [0.25, 0.3) is 0 Å². The molecule has 6 atom stereocenters. The van der Waals surface area contributed by atoms with E-state index in [-0.39, 0.29) is 24.7 Å². The Morgan fingerprint density at radius 1 is 0.839 bits per heavy atom. The molecule has 178 valence electrons. The van der Waals surface area contributed by atoms with Crippen LogP contribution in [0.4, 0.5) is 0 Å². The second kappa shape index (κ2) is 13.6. The Morgan fingerprint density at radius 3 is 1.84 bits per heavy atom. The molecule has 0 aromatic carbocycles. The highest BCUT2D eigenvalue weighted by Crippen LogP contribution is 2.09. The van der Waals surface area contributed by atoms with Crippen LogP contribution in [0.3, 0.4) is 0 Å². The molecule has 0 aliphatic carbocycles. The first-order valence-electron chi connectivity index (χ1n) is 10.5. The molecule has 11 heteroatoms. The van der Waals surface area contributed by atoms with Crippen LogP contribution in [0.1, 0.15) is 60.3 Å². The van der Waals surface area contributed by atoms with E-state index in [0.29, 0.717) is 12.8 Å². The Bertz CT molecular complexity index is 656. The number of primary amides is 1. The molecule has 0 saturated carbocycles. The number of carbonyl (C=O) groups excluding carboxylic acids is 4. The molecule has 0 aromatic heterocycles. The second-order valence-corrected chi connectivity index (χ2v) is 7.92. The molecule has 0 aromatic rings. The number of aliphatic carboxylic acids is 1. The lowest BCUT2D eigenvalue weighted by atomic mass is 9.98. The van der Waals surface area contributed by atoms with Crippen molar-refractivity contribution >= 4 is 29.6 Å². The number of nitrogens with one attached hydrogen (secondary N) is 3. The van der Waals surface area contributed by atoms with Crippen LogP contribution in [0.5, 0.6) is 0 Å². The van der Waals surface area contributed by atoms with Gasteiger partial charge < -0.3 is 32.5 Å². The number of carboxylic acids is 1. The van der Waals surface area contributed by atoms with Gasteiger partial charge in [0, 0.05) is 6.42 Å². The molecule has 4 amide bonds. The average molecular weight is 444 g/mol. The Morgan fingerprint density at radius 2 is 1.39 bits per heavy atom. The molecule has 0 aliphatic heterocycles. The predicted molar refractivity (Wildman–Crippen MR) is 114 cm³/mol. The Kier molecular flexibility index (Phi) is 12.4. The predicted octanol–water partition coefficient (Wildman–Crippen LogP) is -0.770. The van der Waals surface area contributed by atoms with Crippen LogP contribution in [0.15, 0.2) is 0 Å². The van der Waals surface area contributed by atoms with Gasteiger partial charge in [-0.3, -0.25) is 19.2 Å². The second-order valence-electron chi connectivity index (χ2n) is 7.92. The van der Waals surface area contributed by atoms with Crippen LogP contribution in [0, 0.1) is 11.8 Å². The summed E-state index contributed by atoms with van der Waals surface area (Å²) in [5, 5.41) is 16.7. The summed E-state index contributed by atoms with van der Waals surface area (Å²) in [5.74, 6) is -4.25. The summed E-state index contributed by atoms with van der Waals surface area (Å²) in [6, 6.07) is -4.15. The third kappa shape index (κ3) is 9.77. The van der Waals surface area contributed by atoms with E-state index in [9.17, 15) is 29.1 Å². The summed E-state index contributed by atoms with van der Waals surface area (Å²) in [4.78, 5) is 60.0. The Hall–Kier alpha value is -2.69. The summed E-state index contributed by atoms with van der Waals surface area (Å²) < 4.78 is 0. The van der Waals surface area contributed by atoms with Crippen molar-refractivity contribution in [3.63, 3.8) is 0 Å². The summed E-state index contributed by atoms with van der Waals surface area (Å²) in [6.07, 6.45) is 0.881. The van der Waals surface area contributed by atoms with Gasteiger partial charge in [-0.25, -0.2) is 4.79 Å². The lowest BCUT2D eigenvalue weighted by molar-refractivity contribution is -0.144. The smallest absolute Gasteiger partial charge is 0.326 e. The van der Waals surface area contributed by atoms with Crippen LogP contribution >= 0.6 is 0 Å². The fourth-order valence-electron chi connectivity index (χ4n) is 2.68. The van der Waals surface area contributed by atoms with Gasteiger partial charge in [0.25, 0.3) is 0 Å². The van der Waals surface area contributed by atoms with Gasteiger partial charge in [0.15, 0.2) is 0 Å². The van der Waals surface area contributed by atoms with E-state index in [1.165, 1.54) is 6.92 Å². The standard InChI is InChI=1S/C20H37N5O6/c1-6-10(3)15(22)19(29)23-12(5)17(27)24-13(8-9-14(21)26)18(28)25-16(20(30)31)11(4)7-2/h10-13,15-16H,6-9,22H2,1-5H3,(H2,21,26)(H,23,29)(H,24,27)(H,25,28)(H,30,31). The minimum Gasteiger partial charge on any atom is -0.480 e. The number of amides is 4. The molecule has 0 heterocycles. The highest BCUT2D eigenvalue weighted by Gasteiger charge is 2.31. The van der Waals surface area contributed by atoms with Crippen LogP contribution < -0.4 is 27.4 Å². The van der Waals surface area contributed by atoms with Gasteiger partial charge in [0.1, 0.15) is 18.1 Å². The largest absolute Gasteiger partial charge is 0.480 e. The van der Waals surface area contributed by atoms with E-state index < -0.39 is 53.8 Å². The normalized spacial score (nSPS) is 16.7. The Balaban J connectivity index is 5.26. The zero-order valence-corrected chi connectivity index (χ0v) is 18.9. The number of nitrogens with two attached hydrogens (primary N) is 2. The molecule has 0 fully saturated rings. The van der Waals surface area contributed by atoms with Crippen LogP contribution in [-0.4, -0.2) is 58.9 Å². The minimum absolute atomic E-state index is 0.0853. The van der Waals surface area contributed by atoms with Crippen molar-refractivity contribution in [3.8, 4) is 0 Å². The van der Waals surface area contributed by atoms with E-state index in [4.69, 9.17) is 11.5 Å². The van der Waals surface area contributed by atoms with Crippen molar-refractivity contribution in [2.75, 3.05) is 0 Å². The first kappa shape index (κ1) is 28.3. The quantitative estimate of drug-likeness (QED) is 0.203. The highest BCUT2D eigenvalue weighted by atomic mass is 16.4. The molecule has 31 heavy (non-hydrogen) atoms. The lowest BCUT2D eigenvalue weighted by Crippen LogP contribution is -2.57. The van der Waals surface area contributed by atoms with Gasteiger partial charge in [-0.15, -0.1) is 0 Å². The summed E-state index contributed by atoms with van der Waals surface area (Å²) in [7, 11) is 0. The van der Waals surface area contributed by atoms with E-state index in [0.717, 1.165) is 0 Å². The lowest BCUT2D eigenvalue weighted by Gasteiger charge is -2.26. The van der Waals surface area contributed by atoms with E-state index in [1.54, 1.807) is 13.8 Å². The molecule has 0 rings (SSSR count). The monoisotopic (exact) mass is 443 g/mol. The summed E-state index contributed by atoms with van der Waals surface area (Å²) in [6.45, 7) is 8.59. The molecule has 6 unspecified atom stereocenters. The van der Waals surface area contributed by atoms with Gasteiger partial charge in [-0.05, 0) is 25.2 Å². The van der Waals surface area contributed by atoms with E-state index in [2.05, 4.69) is 16.0 Å². The fraction of sp³-hybridized carbons (Fsp3) is 0.750. The van der Waals surface area contributed by atoms with Gasteiger partial charge in [0.05, 0.1) is 6.04 Å². The number of carbonyl (C=O) groups is 5. The first-order chi connectivity index (χ1) is 14.3. The maximum Gasteiger partial charge on any atom is 0.326 e. The van der Waals surface area contributed by atoms with Crippen molar-refractivity contribution in [2.24, 2.45) is 23.3 Å². The summed E-state index contributed by atoms with van der Waals surface area (Å²) in [5.41, 5.74) is 11.0. The molecule has 0 spiro atoms. The maximum atomic E-state index is 12.7. The van der Waals surface area contributed by atoms with Crippen LogP contribution in [-0.2, 0) is 24.0 Å². The molecule has 8 N–H and O–H groups in total. The molecule has 0 bridgehead atoms. The van der Waals surface area contributed by atoms with Crippen molar-refractivity contribution < 1.29 is 29.1 Å². The molecular weight excluding hydrogens is 406 g/mol. The van der Waals surface area contributed by atoms with E-state index >= 15 is 0 Å². The molecule has 0 aliphatic rings. The van der Waals surface area contributed by atoms with Crippen molar-refractivity contribution in [1.82, 2.24) is 16.0 Å². The number of hydrogen-bond acceptors (Lipinski definition) is 6. The van der Waals surface area contributed by atoms with Gasteiger partial charge in [0.2, 0.25) is 23.6 Å². The van der Waals surface area contributed by atoms with E-state index in [1.807, 2.05) is 13.8 Å². The Labute approximate surface area is 183 Å². The van der Waals surface area contributed by atoms with Gasteiger partial charge in [-0.1, -0.05) is 40.5 Å². The molecule has 11 nitrogen and oxygen atoms in total. The van der Waals surface area contributed by atoms with Crippen molar-refractivity contribution in [2.45, 2.75) is 84.5 Å². The molecule has 0 saturated heterocycles. The van der Waals surface area contributed by atoms with Crippen molar-refractivity contribution in [1.29, 1.82) is 0 Å². The van der Waals surface area contributed by atoms with Crippen LogP contribution in [0.2, 0.25) is 0 Å².